The highest BCUT2D eigenvalue weighted by Gasteiger charge is 2.16. The highest BCUT2D eigenvalue weighted by Crippen LogP contribution is 2.20. The number of benzene rings is 1. The highest BCUT2D eigenvalue weighted by molar-refractivity contribution is 6.32. The Labute approximate surface area is 96.3 Å². The van der Waals surface area contributed by atoms with Crippen LogP contribution in [0.15, 0.2) is 24.3 Å². The zero-order valence-corrected chi connectivity index (χ0v) is 9.14. The predicted octanol–water partition coefficient (Wildman–Crippen LogP) is 1.93. The number of hydrogen-bond acceptors (Lipinski definition) is 3. The Morgan fingerprint density at radius 2 is 2.12 bits per heavy atom. The van der Waals surface area contributed by atoms with Crippen LogP contribution < -0.4 is 0 Å². The first-order chi connectivity index (χ1) is 7.61. The van der Waals surface area contributed by atoms with Gasteiger partial charge in [-0.15, -0.1) is 5.10 Å². The topological polar surface area (TPSA) is 68.0 Å². The molecule has 0 radical (unpaired) electrons. The lowest BCUT2D eigenvalue weighted by molar-refractivity contribution is 0.0689. The van der Waals surface area contributed by atoms with Crippen LogP contribution in [-0.2, 0) is 0 Å². The number of nitrogens with zero attached hydrogens (tertiary/aromatic N) is 3. The van der Waals surface area contributed by atoms with Crippen LogP contribution in [0.25, 0.3) is 5.69 Å². The molecule has 0 fully saturated rings. The van der Waals surface area contributed by atoms with Crippen LogP contribution in [0.3, 0.4) is 0 Å². The van der Waals surface area contributed by atoms with Gasteiger partial charge in [0.2, 0.25) is 0 Å². The fourth-order valence-corrected chi connectivity index (χ4v) is 1.59. The van der Waals surface area contributed by atoms with E-state index in [0.29, 0.717) is 16.4 Å². The van der Waals surface area contributed by atoms with Gasteiger partial charge >= 0.3 is 5.97 Å². The minimum absolute atomic E-state index is 0.0695. The molecule has 0 saturated heterocycles. The van der Waals surface area contributed by atoms with Crippen molar-refractivity contribution in [2.24, 2.45) is 0 Å². The minimum Gasteiger partial charge on any atom is -0.476 e. The van der Waals surface area contributed by atoms with Gasteiger partial charge in [0.15, 0.2) is 5.69 Å². The molecular weight excluding hydrogens is 230 g/mol. The van der Waals surface area contributed by atoms with Gasteiger partial charge in [0.25, 0.3) is 0 Å². The summed E-state index contributed by atoms with van der Waals surface area (Å²) >= 11 is 5.98. The molecule has 0 spiro atoms. The SMILES string of the molecule is Cc1c(C(=O)O)nnn1-c1ccccc1Cl. The van der Waals surface area contributed by atoms with Gasteiger partial charge in [0, 0.05) is 0 Å². The Morgan fingerprint density at radius 1 is 1.44 bits per heavy atom. The number of hydrogen-bond donors (Lipinski definition) is 1. The van der Waals surface area contributed by atoms with Crippen LogP contribution in [0, 0.1) is 6.92 Å². The second kappa shape index (κ2) is 3.94. The normalized spacial score (nSPS) is 10.4. The average molecular weight is 238 g/mol. The maximum absolute atomic E-state index is 10.8. The van der Waals surface area contributed by atoms with Crippen molar-refractivity contribution in [3.8, 4) is 5.69 Å². The zero-order chi connectivity index (χ0) is 11.7. The predicted molar refractivity (Wildman–Crippen MR) is 58.1 cm³/mol. The van der Waals surface area contributed by atoms with E-state index in [2.05, 4.69) is 10.3 Å². The number of carboxylic acid groups (broad SMARTS) is 1. The van der Waals surface area contributed by atoms with Gasteiger partial charge in [-0.3, -0.25) is 0 Å². The molecule has 0 saturated carbocycles. The standard InChI is InChI=1S/C10H8ClN3O2/c1-6-9(10(15)16)12-13-14(6)8-5-3-2-4-7(8)11/h2-5H,1H3,(H,15,16). The summed E-state index contributed by atoms with van der Waals surface area (Å²) in [5, 5.41) is 16.7. The van der Waals surface area contributed by atoms with Gasteiger partial charge in [-0.2, -0.15) is 0 Å². The van der Waals surface area contributed by atoms with Crippen LogP contribution in [-0.4, -0.2) is 26.1 Å². The molecule has 16 heavy (non-hydrogen) atoms. The number of carbonyl (C=O) groups is 1. The Kier molecular flexibility index (Phi) is 2.62. The molecule has 0 amide bonds. The number of aromatic carboxylic acids is 1. The Hall–Kier alpha value is -1.88. The maximum Gasteiger partial charge on any atom is 0.358 e. The Morgan fingerprint density at radius 3 is 2.69 bits per heavy atom. The molecule has 2 aromatic rings. The van der Waals surface area contributed by atoms with Crippen LogP contribution >= 0.6 is 11.6 Å². The van der Waals surface area contributed by atoms with Crippen LogP contribution in [0.5, 0.6) is 0 Å². The molecule has 0 unspecified atom stereocenters. The quantitative estimate of drug-likeness (QED) is 0.867. The third-order valence-electron chi connectivity index (χ3n) is 2.18. The van der Waals surface area contributed by atoms with Gasteiger partial charge in [-0.25, -0.2) is 9.48 Å². The summed E-state index contributed by atoms with van der Waals surface area (Å²) in [6, 6.07) is 7.03. The molecule has 0 bridgehead atoms. The van der Waals surface area contributed by atoms with E-state index in [1.165, 1.54) is 4.68 Å². The van der Waals surface area contributed by atoms with Crippen molar-refractivity contribution >= 4 is 17.6 Å². The number of halogens is 1. The van der Waals surface area contributed by atoms with Crippen molar-refractivity contribution in [3.63, 3.8) is 0 Å². The van der Waals surface area contributed by atoms with Crippen molar-refractivity contribution in [1.29, 1.82) is 0 Å². The fraction of sp³-hybridized carbons (Fsp3) is 0.100. The van der Waals surface area contributed by atoms with E-state index < -0.39 is 5.97 Å². The minimum atomic E-state index is -1.10. The maximum atomic E-state index is 10.8. The monoisotopic (exact) mass is 237 g/mol. The van der Waals surface area contributed by atoms with E-state index in [1.54, 1.807) is 31.2 Å². The third kappa shape index (κ3) is 1.65. The largest absolute Gasteiger partial charge is 0.476 e. The number of carboxylic acids is 1. The lowest BCUT2D eigenvalue weighted by Crippen LogP contribution is -2.02. The van der Waals surface area contributed by atoms with E-state index in [0.717, 1.165) is 0 Å². The summed E-state index contributed by atoms with van der Waals surface area (Å²) in [4.78, 5) is 10.8. The molecule has 1 aromatic carbocycles. The van der Waals surface area contributed by atoms with E-state index in [1.807, 2.05) is 0 Å². The molecule has 0 aliphatic heterocycles. The van der Waals surface area contributed by atoms with Crippen molar-refractivity contribution in [2.75, 3.05) is 0 Å². The molecule has 0 aliphatic carbocycles. The first kappa shape index (κ1) is 10.6. The molecule has 82 valence electrons. The summed E-state index contributed by atoms with van der Waals surface area (Å²) < 4.78 is 1.41. The second-order valence-corrected chi connectivity index (χ2v) is 3.60. The van der Waals surface area contributed by atoms with E-state index in [4.69, 9.17) is 16.7 Å². The van der Waals surface area contributed by atoms with Crippen LogP contribution in [0.1, 0.15) is 16.2 Å². The molecule has 1 heterocycles. The van der Waals surface area contributed by atoms with Crippen molar-refractivity contribution in [2.45, 2.75) is 6.92 Å². The molecule has 5 nitrogen and oxygen atoms in total. The molecular formula is C10H8ClN3O2. The van der Waals surface area contributed by atoms with Crippen molar-refractivity contribution in [3.05, 3.63) is 40.7 Å². The molecule has 0 aliphatic rings. The first-order valence-corrected chi connectivity index (χ1v) is 4.89. The van der Waals surface area contributed by atoms with Crippen LogP contribution in [0.4, 0.5) is 0 Å². The van der Waals surface area contributed by atoms with E-state index >= 15 is 0 Å². The number of aromatic nitrogens is 3. The smallest absolute Gasteiger partial charge is 0.358 e. The van der Waals surface area contributed by atoms with E-state index in [9.17, 15) is 4.79 Å². The lowest BCUT2D eigenvalue weighted by Gasteiger charge is -2.04. The first-order valence-electron chi connectivity index (χ1n) is 4.51. The highest BCUT2D eigenvalue weighted by atomic mass is 35.5. The molecule has 1 aromatic heterocycles. The average Bonchev–Trinajstić information content (AvgIpc) is 2.61. The third-order valence-corrected chi connectivity index (χ3v) is 2.50. The molecule has 2 rings (SSSR count). The van der Waals surface area contributed by atoms with Gasteiger partial charge in [0.1, 0.15) is 0 Å². The summed E-state index contributed by atoms with van der Waals surface area (Å²) in [5.41, 5.74) is 0.988. The van der Waals surface area contributed by atoms with Gasteiger partial charge in [-0.05, 0) is 19.1 Å². The fourth-order valence-electron chi connectivity index (χ4n) is 1.38. The number of para-hydroxylation sites is 1. The zero-order valence-electron chi connectivity index (χ0n) is 8.38. The Balaban J connectivity index is 2.58. The van der Waals surface area contributed by atoms with E-state index in [-0.39, 0.29) is 5.69 Å². The summed E-state index contributed by atoms with van der Waals surface area (Å²) in [7, 11) is 0. The second-order valence-electron chi connectivity index (χ2n) is 3.19. The van der Waals surface area contributed by atoms with Crippen molar-refractivity contribution in [1.82, 2.24) is 15.0 Å². The van der Waals surface area contributed by atoms with Gasteiger partial charge in [-0.1, -0.05) is 28.9 Å². The Bertz CT molecular complexity index is 551. The lowest BCUT2D eigenvalue weighted by atomic mass is 10.3. The van der Waals surface area contributed by atoms with Crippen molar-refractivity contribution < 1.29 is 9.90 Å². The molecule has 1 N–H and O–H groups in total. The summed E-state index contributed by atoms with van der Waals surface area (Å²) in [6.07, 6.45) is 0. The van der Waals surface area contributed by atoms with Gasteiger partial charge in [0.05, 0.1) is 16.4 Å². The molecule has 6 heteroatoms. The summed E-state index contributed by atoms with van der Waals surface area (Å²) in [6.45, 7) is 1.63. The summed E-state index contributed by atoms with van der Waals surface area (Å²) in [5.74, 6) is -1.10. The van der Waals surface area contributed by atoms with Gasteiger partial charge < -0.3 is 5.11 Å². The number of rotatable bonds is 2. The van der Waals surface area contributed by atoms with Crippen LogP contribution in [0.2, 0.25) is 5.02 Å². The molecule has 0 atom stereocenters.